The van der Waals surface area contributed by atoms with Crippen LogP contribution in [0.3, 0.4) is 0 Å². The van der Waals surface area contributed by atoms with Gasteiger partial charge in [-0.25, -0.2) is 0 Å². The Kier molecular flexibility index (Phi) is 9.86. The number of carbonyl (C=O) groups excluding carboxylic acids is 1. The third-order valence-electron chi connectivity index (χ3n) is 3.59. The van der Waals surface area contributed by atoms with Gasteiger partial charge < -0.3 is 15.8 Å². The second kappa shape index (κ2) is 10.2. The Morgan fingerprint density at radius 1 is 1.30 bits per heavy atom. The minimum absolute atomic E-state index is 0.264. The molecule has 2 atom stereocenters. The summed E-state index contributed by atoms with van der Waals surface area (Å²) in [5.41, 5.74) is 4.91. The van der Waals surface area contributed by atoms with Gasteiger partial charge in [-0.2, -0.15) is 0 Å². The highest BCUT2D eigenvalue weighted by atomic mass is 16.5. The Hall–Kier alpha value is -0.610. The lowest BCUT2D eigenvalue weighted by Gasteiger charge is -2.27. The second-order valence-corrected chi connectivity index (χ2v) is 6.39. The van der Waals surface area contributed by atoms with E-state index in [4.69, 9.17) is 10.5 Å². The number of unbranched alkanes of at least 4 members (excludes halogenated alkanes) is 1. The lowest BCUT2D eigenvalue weighted by molar-refractivity contribution is -0.124. The standard InChI is InChI=1S/C16H34N2O2/c1-6-10-18-16(5,15(17)19)9-7-8-11-20-14(4)12-13(2)3/h13-14,18H,6-12H2,1-5H3,(H2,17,19). The number of nitrogens with one attached hydrogen (secondary N) is 1. The average Bonchev–Trinajstić information content (AvgIpc) is 2.34. The number of amides is 1. The van der Waals surface area contributed by atoms with Crippen molar-refractivity contribution in [2.45, 2.75) is 78.4 Å². The van der Waals surface area contributed by atoms with Crippen LogP contribution in [0.25, 0.3) is 0 Å². The smallest absolute Gasteiger partial charge is 0.237 e. The van der Waals surface area contributed by atoms with Gasteiger partial charge in [0.05, 0.1) is 11.6 Å². The Labute approximate surface area is 124 Å². The van der Waals surface area contributed by atoms with Gasteiger partial charge in [-0.05, 0) is 58.4 Å². The molecule has 2 unspecified atom stereocenters. The Balaban J connectivity index is 3.87. The minimum Gasteiger partial charge on any atom is -0.379 e. The highest BCUT2D eigenvalue weighted by Gasteiger charge is 2.29. The van der Waals surface area contributed by atoms with Gasteiger partial charge in [0.15, 0.2) is 0 Å². The highest BCUT2D eigenvalue weighted by molar-refractivity contribution is 5.84. The molecule has 0 aromatic rings. The predicted molar refractivity (Wildman–Crippen MR) is 84.6 cm³/mol. The number of hydrogen-bond donors (Lipinski definition) is 2. The normalized spacial score (nSPS) is 16.1. The summed E-state index contributed by atoms with van der Waals surface area (Å²) in [5, 5.41) is 3.26. The molecule has 0 spiro atoms. The van der Waals surface area contributed by atoms with Crippen LogP contribution >= 0.6 is 0 Å². The van der Waals surface area contributed by atoms with Crippen molar-refractivity contribution in [3.8, 4) is 0 Å². The Morgan fingerprint density at radius 3 is 2.45 bits per heavy atom. The molecule has 4 heteroatoms. The van der Waals surface area contributed by atoms with Crippen molar-refractivity contribution in [3.05, 3.63) is 0 Å². The monoisotopic (exact) mass is 286 g/mol. The second-order valence-electron chi connectivity index (χ2n) is 6.39. The van der Waals surface area contributed by atoms with Gasteiger partial charge in [0, 0.05) is 6.61 Å². The highest BCUT2D eigenvalue weighted by Crippen LogP contribution is 2.14. The Morgan fingerprint density at radius 2 is 1.95 bits per heavy atom. The molecule has 0 aliphatic carbocycles. The van der Waals surface area contributed by atoms with Crippen molar-refractivity contribution in [2.75, 3.05) is 13.2 Å². The first-order valence-electron chi connectivity index (χ1n) is 7.98. The maximum absolute atomic E-state index is 11.5. The molecule has 0 aliphatic rings. The van der Waals surface area contributed by atoms with Crippen molar-refractivity contribution in [1.29, 1.82) is 0 Å². The zero-order valence-electron chi connectivity index (χ0n) is 14.0. The van der Waals surface area contributed by atoms with Crippen LogP contribution in [0.1, 0.15) is 66.7 Å². The fraction of sp³-hybridized carbons (Fsp3) is 0.938. The van der Waals surface area contributed by atoms with Gasteiger partial charge in [-0.15, -0.1) is 0 Å². The van der Waals surface area contributed by atoms with Crippen molar-refractivity contribution < 1.29 is 9.53 Å². The molecule has 20 heavy (non-hydrogen) atoms. The zero-order valence-corrected chi connectivity index (χ0v) is 14.0. The van der Waals surface area contributed by atoms with Crippen molar-refractivity contribution in [2.24, 2.45) is 11.7 Å². The predicted octanol–water partition coefficient (Wildman–Crippen LogP) is 2.85. The van der Waals surface area contributed by atoms with E-state index in [2.05, 4.69) is 33.0 Å². The third kappa shape index (κ3) is 8.54. The molecule has 4 nitrogen and oxygen atoms in total. The maximum atomic E-state index is 11.5. The molecule has 0 aromatic heterocycles. The van der Waals surface area contributed by atoms with Crippen LogP contribution in [0.2, 0.25) is 0 Å². The van der Waals surface area contributed by atoms with Gasteiger partial charge in [-0.3, -0.25) is 4.79 Å². The summed E-state index contributed by atoms with van der Waals surface area (Å²) in [6.07, 6.45) is 5.10. The summed E-state index contributed by atoms with van der Waals surface area (Å²) in [5.74, 6) is 0.404. The van der Waals surface area contributed by atoms with Crippen LogP contribution in [-0.4, -0.2) is 30.7 Å². The number of primary amides is 1. The largest absolute Gasteiger partial charge is 0.379 e. The summed E-state index contributed by atoms with van der Waals surface area (Å²) in [4.78, 5) is 11.5. The first-order valence-corrected chi connectivity index (χ1v) is 7.98. The van der Waals surface area contributed by atoms with Gasteiger partial charge in [0.2, 0.25) is 5.91 Å². The molecular weight excluding hydrogens is 252 g/mol. The van der Waals surface area contributed by atoms with E-state index in [1.165, 1.54) is 0 Å². The van der Waals surface area contributed by atoms with Crippen LogP contribution in [-0.2, 0) is 9.53 Å². The molecule has 3 N–H and O–H groups in total. The quantitative estimate of drug-likeness (QED) is 0.542. The molecule has 120 valence electrons. The third-order valence-corrected chi connectivity index (χ3v) is 3.59. The molecular formula is C16H34N2O2. The SMILES string of the molecule is CCCNC(C)(CCCCOC(C)CC(C)C)C(N)=O. The number of nitrogens with two attached hydrogens (primary N) is 1. The van der Waals surface area contributed by atoms with Crippen molar-refractivity contribution >= 4 is 5.91 Å². The summed E-state index contributed by atoms with van der Waals surface area (Å²) in [6.45, 7) is 12.1. The van der Waals surface area contributed by atoms with E-state index < -0.39 is 5.54 Å². The first-order chi connectivity index (χ1) is 9.31. The molecule has 0 saturated carbocycles. The topological polar surface area (TPSA) is 64.3 Å². The van der Waals surface area contributed by atoms with Crippen LogP contribution in [0.15, 0.2) is 0 Å². The lowest BCUT2D eigenvalue weighted by Crippen LogP contribution is -2.53. The number of rotatable bonds is 12. The molecule has 0 bridgehead atoms. The van der Waals surface area contributed by atoms with Crippen LogP contribution < -0.4 is 11.1 Å². The average molecular weight is 286 g/mol. The van der Waals surface area contributed by atoms with E-state index in [-0.39, 0.29) is 5.91 Å². The van der Waals surface area contributed by atoms with E-state index in [0.717, 1.165) is 45.3 Å². The van der Waals surface area contributed by atoms with E-state index in [1.807, 2.05) is 6.92 Å². The number of ether oxygens (including phenoxy) is 1. The molecule has 0 saturated heterocycles. The lowest BCUT2D eigenvalue weighted by atomic mass is 9.94. The minimum atomic E-state index is -0.584. The van der Waals surface area contributed by atoms with E-state index in [0.29, 0.717) is 12.0 Å². The summed E-state index contributed by atoms with van der Waals surface area (Å²) in [6, 6.07) is 0. The van der Waals surface area contributed by atoms with Gasteiger partial charge >= 0.3 is 0 Å². The summed E-state index contributed by atoms with van der Waals surface area (Å²) >= 11 is 0. The number of hydrogen-bond acceptors (Lipinski definition) is 3. The van der Waals surface area contributed by atoms with Gasteiger partial charge in [-0.1, -0.05) is 20.8 Å². The fourth-order valence-corrected chi connectivity index (χ4v) is 2.30. The fourth-order valence-electron chi connectivity index (χ4n) is 2.30. The maximum Gasteiger partial charge on any atom is 0.237 e. The van der Waals surface area contributed by atoms with Crippen molar-refractivity contribution in [3.63, 3.8) is 0 Å². The molecule has 0 aliphatic heterocycles. The van der Waals surface area contributed by atoms with Crippen LogP contribution in [0.4, 0.5) is 0 Å². The molecule has 1 amide bonds. The zero-order chi connectivity index (χ0) is 15.6. The molecule has 0 aromatic carbocycles. The van der Waals surface area contributed by atoms with Gasteiger partial charge in [0.1, 0.15) is 0 Å². The summed E-state index contributed by atoms with van der Waals surface area (Å²) < 4.78 is 5.77. The summed E-state index contributed by atoms with van der Waals surface area (Å²) in [7, 11) is 0. The van der Waals surface area contributed by atoms with Crippen LogP contribution in [0, 0.1) is 5.92 Å². The van der Waals surface area contributed by atoms with Crippen molar-refractivity contribution in [1.82, 2.24) is 5.32 Å². The van der Waals surface area contributed by atoms with Crippen LogP contribution in [0.5, 0.6) is 0 Å². The van der Waals surface area contributed by atoms with E-state index in [9.17, 15) is 4.79 Å². The molecule has 0 rings (SSSR count). The first kappa shape index (κ1) is 19.4. The Bertz CT molecular complexity index is 269. The number of carbonyl (C=O) groups is 1. The molecule has 0 fully saturated rings. The molecule has 0 radical (unpaired) electrons. The molecule has 0 heterocycles. The van der Waals surface area contributed by atoms with Gasteiger partial charge in [0.25, 0.3) is 0 Å². The van der Waals surface area contributed by atoms with E-state index >= 15 is 0 Å². The van der Waals surface area contributed by atoms with E-state index in [1.54, 1.807) is 0 Å².